The van der Waals surface area contributed by atoms with Gasteiger partial charge in [0.05, 0.1) is 4.92 Å². The molecule has 0 heterocycles. The number of hydrogen-bond acceptors (Lipinski definition) is 3. The van der Waals surface area contributed by atoms with Crippen LogP contribution in [-0.4, -0.2) is 11.5 Å². The molecule has 0 N–H and O–H groups in total. The van der Waals surface area contributed by atoms with Gasteiger partial charge in [-0.3, -0.25) is 15.0 Å². The Kier molecular flexibility index (Phi) is 12.1. The summed E-state index contributed by atoms with van der Waals surface area (Å²) in [4.78, 5) is 14.2. The second-order valence-electron chi connectivity index (χ2n) is 2.68. The van der Waals surface area contributed by atoms with E-state index in [1.807, 2.05) is 0 Å². The molecular formula is C8H8N7NaO2. The Morgan fingerprint density at radius 1 is 1.28 bits per heavy atom. The normalized spacial score (nSPS) is 7.56. The van der Waals surface area contributed by atoms with E-state index >= 15 is 0 Å². The van der Waals surface area contributed by atoms with Crippen LogP contribution in [0.15, 0.2) is 29.4 Å². The molecule has 0 aliphatic carbocycles. The fourth-order valence-corrected chi connectivity index (χ4v) is 1.12. The minimum atomic E-state index is -0.439. The Balaban J connectivity index is 0. The van der Waals surface area contributed by atoms with Crippen LogP contribution in [0.3, 0.4) is 0 Å². The summed E-state index contributed by atoms with van der Waals surface area (Å²) in [5.74, 6) is 0. The van der Waals surface area contributed by atoms with Gasteiger partial charge in [0.2, 0.25) is 0 Å². The molecule has 1 aromatic rings. The van der Waals surface area contributed by atoms with Crippen LogP contribution in [-0.2, 0) is 6.42 Å². The number of azide groups is 1. The van der Waals surface area contributed by atoms with Gasteiger partial charge in [-0.1, -0.05) is 23.3 Å². The first-order valence-corrected chi connectivity index (χ1v) is 4.39. The first-order chi connectivity index (χ1) is 8.17. The summed E-state index contributed by atoms with van der Waals surface area (Å²) in [6.45, 7) is 0.237. The van der Waals surface area contributed by atoms with Gasteiger partial charge in [0.25, 0.3) is 5.69 Å². The SMILES string of the molecule is [N-]=[N+]=NCCc1ccccc1[N+](=O)[O-].[N-]=[N+]=[N-].[Na+]. The quantitative estimate of drug-likeness (QED) is 0.190. The Bertz CT molecular complexity index is 466. The molecule has 88 valence electrons. The van der Waals surface area contributed by atoms with Gasteiger partial charge >= 0.3 is 29.6 Å². The van der Waals surface area contributed by atoms with Crippen molar-refractivity contribution in [1.29, 1.82) is 0 Å². The molecule has 0 saturated carbocycles. The van der Waals surface area contributed by atoms with Crippen molar-refractivity contribution in [2.75, 3.05) is 6.54 Å². The standard InChI is InChI=1S/C8H8N4O2.N3.Na/c9-11-10-6-5-7-3-1-2-4-8(7)12(13)14;1-3-2;/h1-4H,5-6H2;;/q;-1;+1. The Labute approximate surface area is 124 Å². The van der Waals surface area contributed by atoms with Crippen molar-refractivity contribution in [3.63, 3.8) is 0 Å². The number of para-hydroxylation sites is 1. The van der Waals surface area contributed by atoms with Crippen LogP contribution >= 0.6 is 0 Å². The predicted molar refractivity (Wildman–Crippen MR) is 60.9 cm³/mol. The number of nitro groups is 1. The van der Waals surface area contributed by atoms with Crippen molar-refractivity contribution in [2.24, 2.45) is 5.11 Å². The van der Waals surface area contributed by atoms with Crippen molar-refractivity contribution in [1.82, 2.24) is 0 Å². The number of benzene rings is 1. The van der Waals surface area contributed by atoms with Gasteiger partial charge in [-0.2, -0.15) is 0 Å². The van der Waals surface area contributed by atoms with Gasteiger partial charge < -0.3 is 11.1 Å². The topological polar surface area (TPSA) is 151 Å². The van der Waals surface area contributed by atoms with Crippen molar-refractivity contribution in [2.45, 2.75) is 6.42 Å². The van der Waals surface area contributed by atoms with E-state index in [9.17, 15) is 10.1 Å². The molecule has 1 rings (SSSR count). The summed E-state index contributed by atoms with van der Waals surface area (Å²) in [5.41, 5.74) is 22.2. The molecule has 0 saturated heterocycles. The summed E-state index contributed by atoms with van der Waals surface area (Å²) in [6, 6.07) is 6.42. The molecule has 10 heteroatoms. The summed E-state index contributed by atoms with van der Waals surface area (Å²) < 4.78 is 0. The van der Waals surface area contributed by atoms with E-state index in [1.165, 1.54) is 11.0 Å². The summed E-state index contributed by atoms with van der Waals surface area (Å²) in [7, 11) is 0. The Morgan fingerprint density at radius 2 is 1.83 bits per heavy atom. The van der Waals surface area contributed by atoms with Gasteiger partial charge in [0.1, 0.15) is 0 Å². The molecule has 9 nitrogen and oxygen atoms in total. The zero-order valence-corrected chi connectivity index (χ0v) is 11.7. The largest absolute Gasteiger partial charge is 1.00 e. The number of nitro benzene ring substituents is 1. The average Bonchev–Trinajstić information content (AvgIpc) is 2.31. The summed E-state index contributed by atoms with van der Waals surface area (Å²) in [5, 5.41) is 13.9. The average molecular weight is 257 g/mol. The molecule has 0 radical (unpaired) electrons. The third-order valence-electron chi connectivity index (χ3n) is 1.73. The summed E-state index contributed by atoms with van der Waals surface area (Å²) in [6.07, 6.45) is 0.390. The maximum absolute atomic E-state index is 10.6. The van der Waals surface area contributed by atoms with Crippen LogP contribution in [0, 0.1) is 10.1 Å². The fourth-order valence-electron chi connectivity index (χ4n) is 1.12. The van der Waals surface area contributed by atoms with Crippen LogP contribution in [0.2, 0.25) is 0 Å². The van der Waals surface area contributed by atoms with Gasteiger partial charge in [-0.25, -0.2) is 0 Å². The van der Waals surface area contributed by atoms with Crippen LogP contribution in [0.5, 0.6) is 0 Å². The van der Waals surface area contributed by atoms with Crippen molar-refractivity contribution >= 4 is 5.69 Å². The molecule has 0 spiro atoms. The van der Waals surface area contributed by atoms with E-state index in [4.69, 9.17) is 16.6 Å². The molecule has 0 bridgehead atoms. The van der Waals surface area contributed by atoms with E-state index in [1.54, 1.807) is 18.2 Å². The molecule has 0 unspecified atom stereocenters. The molecule has 18 heavy (non-hydrogen) atoms. The maximum Gasteiger partial charge on any atom is 1.00 e. The van der Waals surface area contributed by atoms with E-state index in [0.717, 1.165) is 0 Å². The van der Waals surface area contributed by atoms with Crippen molar-refractivity contribution in [3.05, 3.63) is 66.4 Å². The monoisotopic (exact) mass is 257 g/mol. The third-order valence-corrected chi connectivity index (χ3v) is 1.73. The van der Waals surface area contributed by atoms with Gasteiger partial charge in [0, 0.05) is 23.1 Å². The van der Waals surface area contributed by atoms with Crippen LogP contribution in [0.4, 0.5) is 5.69 Å². The third kappa shape index (κ3) is 7.50. The van der Waals surface area contributed by atoms with Crippen LogP contribution in [0.25, 0.3) is 26.4 Å². The number of hydrogen-bond donors (Lipinski definition) is 0. The Morgan fingerprint density at radius 3 is 2.33 bits per heavy atom. The van der Waals surface area contributed by atoms with Gasteiger partial charge in [-0.15, -0.1) is 0 Å². The maximum atomic E-state index is 10.6. The fraction of sp³-hybridized carbons (Fsp3) is 0.250. The smallest absolute Gasteiger partial charge is 0.373 e. The molecule has 0 aliphatic rings. The number of rotatable bonds is 4. The van der Waals surface area contributed by atoms with E-state index in [0.29, 0.717) is 12.0 Å². The predicted octanol–water partition coefficient (Wildman–Crippen LogP) is 0.318. The molecule has 0 fully saturated rings. The van der Waals surface area contributed by atoms with E-state index in [2.05, 4.69) is 10.0 Å². The van der Waals surface area contributed by atoms with Crippen LogP contribution < -0.4 is 29.6 Å². The number of nitrogens with zero attached hydrogens (tertiary/aromatic N) is 7. The first-order valence-electron chi connectivity index (χ1n) is 4.39. The molecule has 0 amide bonds. The van der Waals surface area contributed by atoms with Gasteiger partial charge in [0.15, 0.2) is 0 Å². The minimum absolute atomic E-state index is 0. The Hall–Kier alpha value is -1.76. The molecule has 1 aromatic carbocycles. The first kappa shape index (κ1) is 18.6. The van der Waals surface area contributed by atoms with Gasteiger partial charge in [-0.05, 0) is 12.0 Å². The summed E-state index contributed by atoms with van der Waals surface area (Å²) >= 11 is 0. The minimum Gasteiger partial charge on any atom is -0.373 e. The second kappa shape index (κ2) is 11.7. The molecular weight excluding hydrogens is 249 g/mol. The molecule has 0 aliphatic heterocycles. The van der Waals surface area contributed by atoms with E-state index in [-0.39, 0.29) is 41.8 Å². The van der Waals surface area contributed by atoms with Crippen LogP contribution in [0.1, 0.15) is 5.56 Å². The zero-order chi connectivity index (χ0) is 13.1. The van der Waals surface area contributed by atoms with Crippen molar-refractivity contribution < 1.29 is 34.5 Å². The zero-order valence-electron chi connectivity index (χ0n) is 9.67. The molecule has 0 aromatic heterocycles. The van der Waals surface area contributed by atoms with Crippen molar-refractivity contribution in [3.8, 4) is 0 Å². The molecule has 0 atom stereocenters. The van der Waals surface area contributed by atoms with E-state index < -0.39 is 4.92 Å². The second-order valence-corrected chi connectivity index (χ2v) is 2.68.